The molecule has 1 aromatic heterocycles. The largest absolute Gasteiger partial charge is 0.253 e. The highest BCUT2D eigenvalue weighted by Crippen LogP contribution is 2.36. The predicted molar refractivity (Wildman–Crippen MR) is 102 cm³/mol. The molecular weight excluding hydrogens is 372 g/mol. The average molecular weight is 387 g/mol. The Morgan fingerprint density at radius 1 is 1.08 bits per heavy atom. The molecule has 4 rings (SSSR count). The molecule has 6 nitrogen and oxygen atoms in total. The smallest absolute Gasteiger partial charge is 0.247 e. The van der Waals surface area contributed by atoms with Gasteiger partial charge in [0.2, 0.25) is 10.0 Å². The number of halogens is 1. The maximum absolute atomic E-state index is 12.3. The van der Waals surface area contributed by atoms with Gasteiger partial charge in [-0.2, -0.15) is 9.52 Å². The third kappa shape index (κ3) is 3.04. The number of benzene rings is 2. The molecule has 0 saturated heterocycles. The summed E-state index contributed by atoms with van der Waals surface area (Å²) in [6, 6.07) is 12.4. The topological polar surface area (TPSA) is 75.5 Å². The molecule has 1 atom stereocenters. The summed E-state index contributed by atoms with van der Waals surface area (Å²) in [7, 11) is -3.54. The summed E-state index contributed by atoms with van der Waals surface area (Å²) in [4.78, 5) is 8.55. The molecule has 0 aliphatic carbocycles. The Morgan fingerprint density at radius 2 is 1.81 bits per heavy atom. The van der Waals surface area contributed by atoms with Crippen LogP contribution in [0.25, 0.3) is 11.0 Å². The Labute approximate surface area is 156 Å². The fourth-order valence-electron chi connectivity index (χ4n) is 3.09. The molecule has 0 radical (unpaired) electrons. The zero-order valence-electron chi connectivity index (χ0n) is 13.9. The van der Waals surface area contributed by atoms with Crippen molar-refractivity contribution in [2.45, 2.75) is 12.5 Å². The Bertz CT molecular complexity index is 1130. The second-order valence-electron chi connectivity index (χ2n) is 6.09. The second kappa shape index (κ2) is 6.34. The highest BCUT2D eigenvalue weighted by molar-refractivity contribution is 7.88. The molecule has 0 bridgehead atoms. The maximum Gasteiger partial charge on any atom is 0.247 e. The van der Waals surface area contributed by atoms with E-state index in [2.05, 4.69) is 15.1 Å². The molecule has 2 heterocycles. The van der Waals surface area contributed by atoms with Gasteiger partial charge in [0.15, 0.2) is 0 Å². The number of sulfonamides is 1. The van der Waals surface area contributed by atoms with Crippen molar-refractivity contribution in [3.63, 3.8) is 0 Å². The van der Waals surface area contributed by atoms with Gasteiger partial charge in [0.25, 0.3) is 0 Å². The summed E-state index contributed by atoms with van der Waals surface area (Å²) in [5.74, 6) is 0. The van der Waals surface area contributed by atoms with Gasteiger partial charge < -0.3 is 0 Å². The summed E-state index contributed by atoms with van der Waals surface area (Å²) in [6.07, 6.45) is 4.82. The quantitative estimate of drug-likeness (QED) is 0.691. The van der Waals surface area contributed by atoms with Crippen molar-refractivity contribution in [1.29, 1.82) is 0 Å². The molecule has 2 aromatic carbocycles. The van der Waals surface area contributed by atoms with E-state index >= 15 is 0 Å². The first kappa shape index (κ1) is 16.9. The number of nitrogens with zero attached hydrogens (tertiary/aromatic N) is 4. The van der Waals surface area contributed by atoms with Gasteiger partial charge in [-0.3, -0.25) is 9.97 Å². The minimum atomic E-state index is -3.54. The SMILES string of the molecule is CS(=O)(=O)N1N=C(c2ccccc2Cl)CC1c1ccc2nccnc2c1. The number of hydrazone groups is 1. The highest BCUT2D eigenvalue weighted by Gasteiger charge is 2.35. The molecule has 1 unspecified atom stereocenters. The number of hydrogen-bond acceptors (Lipinski definition) is 5. The van der Waals surface area contributed by atoms with E-state index in [1.165, 1.54) is 0 Å². The van der Waals surface area contributed by atoms with Crippen LogP contribution in [0.4, 0.5) is 0 Å². The van der Waals surface area contributed by atoms with E-state index in [4.69, 9.17) is 11.6 Å². The Morgan fingerprint density at radius 3 is 2.54 bits per heavy atom. The Kier molecular flexibility index (Phi) is 4.13. The van der Waals surface area contributed by atoms with Crippen LogP contribution in [0.1, 0.15) is 23.6 Å². The molecule has 0 N–H and O–H groups in total. The molecule has 8 heteroatoms. The number of fused-ring (bicyclic) bond motifs is 1. The maximum atomic E-state index is 12.3. The first-order valence-corrected chi connectivity index (χ1v) is 10.2. The fourth-order valence-corrected chi connectivity index (χ4v) is 4.24. The molecule has 1 aliphatic heterocycles. The lowest BCUT2D eigenvalue weighted by atomic mass is 9.98. The third-order valence-corrected chi connectivity index (χ3v) is 5.62. The van der Waals surface area contributed by atoms with E-state index in [9.17, 15) is 8.42 Å². The molecule has 132 valence electrons. The summed E-state index contributed by atoms with van der Waals surface area (Å²) in [6.45, 7) is 0. The van der Waals surface area contributed by atoms with Crippen molar-refractivity contribution < 1.29 is 8.42 Å². The van der Waals surface area contributed by atoms with Crippen LogP contribution in [-0.4, -0.2) is 34.8 Å². The fraction of sp³-hybridized carbons (Fsp3) is 0.167. The number of rotatable bonds is 3. The molecule has 1 aliphatic rings. The molecular formula is C18H15ClN4O2S. The van der Waals surface area contributed by atoms with Crippen molar-refractivity contribution in [1.82, 2.24) is 14.4 Å². The van der Waals surface area contributed by atoms with Crippen molar-refractivity contribution >= 4 is 38.4 Å². The van der Waals surface area contributed by atoms with E-state index in [1.807, 2.05) is 36.4 Å². The van der Waals surface area contributed by atoms with Crippen LogP contribution in [-0.2, 0) is 10.0 Å². The third-order valence-electron chi connectivity index (χ3n) is 4.28. The van der Waals surface area contributed by atoms with Crippen molar-refractivity contribution in [2.24, 2.45) is 5.10 Å². The van der Waals surface area contributed by atoms with Crippen LogP contribution < -0.4 is 0 Å². The summed E-state index contributed by atoms with van der Waals surface area (Å²) in [5.41, 5.74) is 3.67. The van der Waals surface area contributed by atoms with E-state index in [1.54, 1.807) is 18.5 Å². The van der Waals surface area contributed by atoms with Crippen molar-refractivity contribution in [3.8, 4) is 0 Å². The lowest BCUT2D eigenvalue weighted by Gasteiger charge is -2.21. The minimum absolute atomic E-state index is 0.433. The zero-order valence-corrected chi connectivity index (χ0v) is 15.4. The van der Waals surface area contributed by atoms with E-state index < -0.39 is 16.1 Å². The van der Waals surface area contributed by atoms with Crippen LogP contribution in [0.2, 0.25) is 5.02 Å². The van der Waals surface area contributed by atoms with Gasteiger partial charge in [-0.15, -0.1) is 0 Å². The minimum Gasteiger partial charge on any atom is -0.253 e. The van der Waals surface area contributed by atoms with Gasteiger partial charge in [-0.1, -0.05) is 35.9 Å². The van der Waals surface area contributed by atoms with Crippen LogP contribution >= 0.6 is 11.6 Å². The molecule has 0 amide bonds. The molecule has 0 saturated carbocycles. The monoisotopic (exact) mass is 386 g/mol. The molecule has 0 spiro atoms. The van der Waals surface area contributed by atoms with Gasteiger partial charge in [-0.05, 0) is 23.8 Å². The normalized spacial score (nSPS) is 17.5. The van der Waals surface area contributed by atoms with Gasteiger partial charge in [0, 0.05) is 29.4 Å². The van der Waals surface area contributed by atoms with Crippen LogP contribution in [0.5, 0.6) is 0 Å². The van der Waals surface area contributed by atoms with Gasteiger partial charge in [-0.25, -0.2) is 8.42 Å². The van der Waals surface area contributed by atoms with Crippen molar-refractivity contribution in [2.75, 3.05) is 6.26 Å². The predicted octanol–water partition coefficient (Wildman–Crippen LogP) is 3.39. The van der Waals surface area contributed by atoms with E-state index in [0.717, 1.165) is 27.3 Å². The van der Waals surface area contributed by atoms with Crippen molar-refractivity contribution in [3.05, 3.63) is 71.0 Å². The summed E-state index contributed by atoms with van der Waals surface area (Å²) < 4.78 is 25.8. The lowest BCUT2D eigenvalue weighted by Crippen LogP contribution is -2.25. The highest BCUT2D eigenvalue weighted by atomic mass is 35.5. The Hall–Kier alpha value is -2.51. The molecule has 0 fully saturated rings. The average Bonchev–Trinajstić information content (AvgIpc) is 3.07. The van der Waals surface area contributed by atoms with E-state index in [0.29, 0.717) is 22.7 Å². The first-order chi connectivity index (χ1) is 12.4. The number of aromatic nitrogens is 2. The standard InChI is InChI=1S/C18H15ClN4O2S/c1-26(24,25)23-18(11-16(22-23)13-4-2-3-5-14(13)19)12-6-7-15-17(10-12)21-9-8-20-15/h2-10,18H,11H2,1H3. The van der Waals surface area contributed by atoms with Crippen LogP contribution in [0.3, 0.4) is 0 Å². The summed E-state index contributed by atoms with van der Waals surface area (Å²) >= 11 is 6.27. The van der Waals surface area contributed by atoms with Gasteiger partial charge >= 0.3 is 0 Å². The Balaban J connectivity index is 1.79. The zero-order chi connectivity index (χ0) is 18.3. The van der Waals surface area contributed by atoms with Gasteiger partial charge in [0.05, 0.1) is 29.0 Å². The number of hydrogen-bond donors (Lipinski definition) is 0. The van der Waals surface area contributed by atoms with Gasteiger partial charge in [0.1, 0.15) is 0 Å². The lowest BCUT2D eigenvalue weighted by molar-refractivity contribution is 0.375. The van der Waals surface area contributed by atoms with Crippen LogP contribution in [0, 0.1) is 0 Å². The first-order valence-electron chi connectivity index (χ1n) is 7.96. The van der Waals surface area contributed by atoms with E-state index in [-0.39, 0.29) is 0 Å². The summed E-state index contributed by atoms with van der Waals surface area (Å²) in [5, 5.41) is 4.92. The molecule has 3 aromatic rings. The second-order valence-corrected chi connectivity index (χ2v) is 8.33. The molecule has 26 heavy (non-hydrogen) atoms. The van der Waals surface area contributed by atoms with Crippen LogP contribution in [0.15, 0.2) is 60.0 Å².